The Morgan fingerprint density at radius 1 is 0.868 bits per heavy atom. The number of benzene rings is 2. The number of aromatic nitrogens is 2. The highest BCUT2D eigenvalue weighted by molar-refractivity contribution is 7.99. The van der Waals surface area contributed by atoms with E-state index in [-0.39, 0.29) is 27.2 Å². The molecule has 5 aromatic rings. The second kappa shape index (κ2) is 8.94. The van der Waals surface area contributed by atoms with Gasteiger partial charge in [0.15, 0.2) is 17.0 Å². The molecule has 0 saturated heterocycles. The number of hydrogen-bond acceptors (Lipinski definition) is 6. The third kappa shape index (κ3) is 4.38. The average Bonchev–Trinajstić information content (AvgIpc) is 2.86. The lowest BCUT2D eigenvalue weighted by Gasteiger charge is -2.15. The largest absolute Gasteiger partial charge is 0.505 e. The topological polar surface area (TPSA) is 85.3 Å². The number of nitrogens with zero attached hydrogens (tertiary/aromatic N) is 2. The molecule has 38 heavy (non-hydrogen) atoms. The average molecular weight is 550 g/mol. The van der Waals surface area contributed by atoms with Gasteiger partial charge in [-0.25, -0.2) is 9.78 Å². The van der Waals surface area contributed by atoms with Gasteiger partial charge in [0.2, 0.25) is 0 Å². The molecule has 0 bridgehead atoms. The van der Waals surface area contributed by atoms with Gasteiger partial charge in [0.1, 0.15) is 10.3 Å². The van der Waals surface area contributed by atoms with Crippen LogP contribution in [0.2, 0.25) is 0 Å². The van der Waals surface area contributed by atoms with Gasteiger partial charge in [-0.1, -0.05) is 23.9 Å². The van der Waals surface area contributed by atoms with E-state index in [1.54, 1.807) is 0 Å². The van der Waals surface area contributed by atoms with Crippen molar-refractivity contribution in [3.05, 3.63) is 98.8 Å². The highest BCUT2D eigenvalue weighted by Gasteiger charge is 2.32. The van der Waals surface area contributed by atoms with Crippen molar-refractivity contribution in [2.75, 3.05) is 0 Å². The monoisotopic (exact) mass is 550 g/mol. The molecule has 0 radical (unpaired) electrons. The quantitative estimate of drug-likeness (QED) is 0.207. The van der Waals surface area contributed by atoms with Crippen LogP contribution >= 0.6 is 11.8 Å². The van der Waals surface area contributed by atoms with E-state index in [0.717, 1.165) is 41.0 Å². The van der Waals surface area contributed by atoms with Gasteiger partial charge in [-0.15, -0.1) is 0 Å². The first-order chi connectivity index (χ1) is 17.9. The van der Waals surface area contributed by atoms with Crippen LogP contribution in [0.5, 0.6) is 5.75 Å². The fraction of sp³-hybridized carbons (Fsp3) is 0.0800. The predicted octanol–water partition coefficient (Wildman–Crippen LogP) is 6.39. The first-order valence-corrected chi connectivity index (χ1v) is 11.4. The molecule has 3 heterocycles. The lowest BCUT2D eigenvalue weighted by molar-refractivity contribution is -0.138. The lowest BCUT2D eigenvalue weighted by Crippen LogP contribution is -2.22. The van der Waals surface area contributed by atoms with Gasteiger partial charge in [0.05, 0.1) is 22.2 Å². The predicted molar refractivity (Wildman–Crippen MR) is 126 cm³/mol. The van der Waals surface area contributed by atoms with E-state index >= 15 is 0 Å². The first kappa shape index (κ1) is 25.4. The van der Waals surface area contributed by atoms with Gasteiger partial charge >= 0.3 is 18.0 Å². The van der Waals surface area contributed by atoms with Crippen molar-refractivity contribution in [3.8, 4) is 11.4 Å². The number of aromatic hydroxyl groups is 1. The molecule has 1 N–H and O–H groups in total. The van der Waals surface area contributed by atoms with Crippen molar-refractivity contribution in [1.29, 1.82) is 0 Å². The van der Waals surface area contributed by atoms with Crippen molar-refractivity contribution in [2.45, 2.75) is 22.1 Å². The molecule has 0 aliphatic heterocycles. The number of pyridine rings is 2. The molecule has 0 fully saturated rings. The maximum Gasteiger partial charge on any atom is 0.416 e. The molecule has 0 aliphatic rings. The van der Waals surface area contributed by atoms with Crippen molar-refractivity contribution in [2.24, 2.45) is 0 Å². The third-order valence-electron chi connectivity index (χ3n) is 5.53. The van der Waals surface area contributed by atoms with E-state index in [1.165, 1.54) is 30.5 Å². The number of fused-ring (bicyclic) bond motifs is 3. The van der Waals surface area contributed by atoms with Gasteiger partial charge in [0, 0.05) is 11.1 Å². The fourth-order valence-corrected chi connectivity index (χ4v) is 4.75. The zero-order valence-corrected chi connectivity index (χ0v) is 19.4. The minimum atomic E-state index is -4.72. The van der Waals surface area contributed by atoms with Crippen molar-refractivity contribution >= 4 is 33.8 Å². The number of alkyl halides is 6. The number of rotatable bonds is 3. The van der Waals surface area contributed by atoms with Gasteiger partial charge < -0.3 is 9.52 Å². The summed E-state index contributed by atoms with van der Waals surface area (Å²) in [5, 5.41) is 10.5. The molecule has 2 aromatic carbocycles. The first-order valence-electron chi connectivity index (χ1n) is 10.6. The van der Waals surface area contributed by atoms with E-state index in [2.05, 4.69) is 4.98 Å². The molecular formula is C25H12F6N2O4S. The highest BCUT2D eigenvalue weighted by Crippen LogP contribution is 2.39. The van der Waals surface area contributed by atoms with E-state index in [1.807, 2.05) is 0 Å². The molecule has 0 amide bonds. The molecular weight excluding hydrogens is 538 g/mol. The standard InChI is InChI=1S/C25H12F6N2O4S/c26-24(27,28)12-4-1-6-14(10-12)33-21-16(8-3-9-32-21)19-17(22(33)35)18(34)20(23(36)37-19)38-15-7-2-5-13(11-15)25(29,30)31/h1-11,34H. The summed E-state index contributed by atoms with van der Waals surface area (Å²) in [6.07, 6.45) is -8.12. The van der Waals surface area contributed by atoms with Crippen LogP contribution in [0.15, 0.2) is 90.7 Å². The summed E-state index contributed by atoms with van der Waals surface area (Å²) in [7, 11) is 0. The minimum Gasteiger partial charge on any atom is -0.505 e. The summed E-state index contributed by atoms with van der Waals surface area (Å²) in [5.74, 6) is -0.893. The molecule has 13 heteroatoms. The zero-order valence-electron chi connectivity index (χ0n) is 18.6. The Hall–Kier alpha value is -4.26. The Balaban J connectivity index is 1.79. The fourth-order valence-electron chi connectivity index (χ4n) is 3.86. The maximum atomic E-state index is 13.6. The van der Waals surface area contributed by atoms with Gasteiger partial charge in [-0.2, -0.15) is 26.3 Å². The van der Waals surface area contributed by atoms with Crippen LogP contribution in [0.4, 0.5) is 26.3 Å². The Morgan fingerprint density at radius 3 is 2.21 bits per heavy atom. The van der Waals surface area contributed by atoms with Crippen LogP contribution in [0.3, 0.4) is 0 Å². The summed E-state index contributed by atoms with van der Waals surface area (Å²) in [5.41, 5.74) is -5.00. The Kier molecular flexibility index (Phi) is 5.97. The third-order valence-corrected chi connectivity index (χ3v) is 6.59. The van der Waals surface area contributed by atoms with Crippen LogP contribution in [0, 0.1) is 0 Å². The maximum absolute atomic E-state index is 13.6. The van der Waals surface area contributed by atoms with E-state index in [4.69, 9.17) is 4.42 Å². The number of hydrogen-bond donors (Lipinski definition) is 1. The molecule has 0 atom stereocenters. The van der Waals surface area contributed by atoms with Crippen molar-refractivity contribution in [3.63, 3.8) is 0 Å². The van der Waals surface area contributed by atoms with Crippen LogP contribution < -0.4 is 11.2 Å². The molecule has 194 valence electrons. The van der Waals surface area contributed by atoms with Crippen LogP contribution in [0.25, 0.3) is 27.7 Å². The summed E-state index contributed by atoms with van der Waals surface area (Å²) < 4.78 is 85.6. The second-order valence-corrected chi connectivity index (χ2v) is 9.05. The summed E-state index contributed by atoms with van der Waals surface area (Å²) in [4.78, 5) is 29.8. The molecule has 0 unspecified atom stereocenters. The zero-order chi connectivity index (χ0) is 27.4. The normalized spacial score (nSPS) is 12.4. The van der Waals surface area contributed by atoms with Crippen molar-refractivity contribution < 1.29 is 35.9 Å². The van der Waals surface area contributed by atoms with Crippen LogP contribution in [0.1, 0.15) is 11.1 Å². The Morgan fingerprint density at radius 2 is 1.53 bits per heavy atom. The van der Waals surface area contributed by atoms with E-state index in [0.29, 0.717) is 11.8 Å². The molecule has 0 aliphatic carbocycles. The van der Waals surface area contributed by atoms with E-state index in [9.17, 15) is 41.0 Å². The minimum absolute atomic E-state index is 0.0301. The summed E-state index contributed by atoms with van der Waals surface area (Å²) in [6, 6.07) is 10.6. The van der Waals surface area contributed by atoms with Gasteiger partial charge in [-0.05, 0) is 48.5 Å². The molecule has 0 spiro atoms. The van der Waals surface area contributed by atoms with Gasteiger partial charge in [-0.3, -0.25) is 9.36 Å². The lowest BCUT2D eigenvalue weighted by atomic mass is 10.1. The van der Waals surface area contributed by atoms with Crippen molar-refractivity contribution in [1.82, 2.24) is 9.55 Å². The second-order valence-electron chi connectivity index (χ2n) is 7.96. The highest BCUT2D eigenvalue weighted by atomic mass is 32.2. The Bertz CT molecular complexity index is 1840. The SMILES string of the molecule is O=c1oc2c(c(O)c1Sc1cccc(C(F)(F)F)c1)c(=O)n(-c1cccc(C(F)(F)F)c1)c1ncccc21. The Labute approximate surface area is 211 Å². The van der Waals surface area contributed by atoms with Gasteiger partial charge in [0.25, 0.3) is 5.56 Å². The number of halogens is 6. The molecule has 6 nitrogen and oxygen atoms in total. The van der Waals surface area contributed by atoms with Crippen LogP contribution in [-0.4, -0.2) is 14.7 Å². The van der Waals surface area contributed by atoms with Crippen LogP contribution in [-0.2, 0) is 12.4 Å². The molecule has 5 rings (SSSR count). The molecule has 0 saturated carbocycles. The van der Waals surface area contributed by atoms with E-state index < -0.39 is 50.7 Å². The molecule has 3 aromatic heterocycles. The smallest absolute Gasteiger partial charge is 0.416 e. The summed E-state index contributed by atoms with van der Waals surface area (Å²) in [6.45, 7) is 0. The summed E-state index contributed by atoms with van der Waals surface area (Å²) >= 11 is 0.439.